The molecular weight excluding hydrogens is 342 g/mol. The molecule has 3 aromatic rings. The van der Waals surface area contributed by atoms with E-state index >= 15 is 0 Å². The Labute approximate surface area is 156 Å². The zero-order valence-electron chi connectivity index (χ0n) is 14.3. The van der Waals surface area contributed by atoms with Crippen LogP contribution in [0.25, 0.3) is 0 Å². The van der Waals surface area contributed by atoms with Crippen LogP contribution in [0.5, 0.6) is 0 Å². The number of benzene rings is 3. The van der Waals surface area contributed by atoms with Crippen LogP contribution in [-0.4, -0.2) is 17.8 Å². The minimum atomic E-state index is -0.657. The van der Waals surface area contributed by atoms with Crippen molar-refractivity contribution < 1.29 is 14.4 Å². The molecule has 0 aromatic heterocycles. The summed E-state index contributed by atoms with van der Waals surface area (Å²) in [5, 5.41) is 7.59. The summed E-state index contributed by atoms with van der Waals surface area (Å²) < 4.78 is 0. The van der Waals surface area contributed by atoms with Crippen molar-refractivity contribution in [1.29, 1.82) is 0 Å². The van der Waals surface area contributed by atoms with E-state index in [4.69, 9.17) is 0 Å². The molecule has 0 saturated carbocycles. The highest BCUT2D eigenvalue weighted by Crippen LogP contribution is 2.16. The lowest BCUT2D eigenvalue weighted by atomic mass is 10.2. The lowest BCUT2D eigenvalue weighted by Gasteiger charge is -2.09. The first-order chi connectivity index (χ1) is 13.1. The van der Waals surface area contributed by atoms with Gasteiger partial charge in [0.1, 0.15) is 0 Å². The van der Waals surface area contributed by atoms with Gasteiger partial charge in [0.2, 0.25) is 0 Å². The molecule has 3 N–H and O–H groups in total. The van der Waals surface area contributed by atoms with Crippen molar-refractivity contribution in [3.05, 3.63) is 96.1 Å². The average molecular weight is 359 g/mol. The fraction of sp³-hybridized carbons (Fsp3) is 0. The molecule has 0 aliphatic heterocycles. The average Bonchev–Trinajstić information content (AvgIpc) is 2.69. The normalized spacial score (nSPS) is 9.93. The quantitative estimate of drug-likeness (QED) is 0.660. The maximum Gasteiger partial charge on any atom is 0.326 e. The van der Waals surface area contributed by atoms with Crippen LogP contribution in [0.2, 0.25) is 0 Å². The molecule has 4 amide bonds. The van der Waals surface area contributed by atoms with Crippen molar-refractivity contribution in [3.63, 3.8) is 0 Å². The van der Waals surface area contributed by atoms with E-state index in [0.717, 1.165) is 0 Å². The van der Waals surface area contributed by atoms with Crippen LogP contribution < -0.4 is 16.0 Å². The predicted octanol–water partition coefficient (Wildman–Crippen LogP) is 3.90. The lowest BCUT2D eigenvalue weighted by Crippen LogP contribution is -2.34. The fourth-order valence-electron chi connectivity index (χ4n) is 2.39. The second-order valence-corrected chi connectivity index (χ2v) is 5.68. The highest BCUT2D eigenvalue weighted by Gasteiger charge is 2.10. The Hall–Kier alpha value is -3.93. The highest BCUT2D eigenvalue weighted by atomic mass is 16.2. The van der Waals surface area contributed by atoms with E-state index in [1.54, 1.807) is 78.9 Å². The molecule has 6 heteroatoms. The van der Waals surface area contributed by atoms with Gasteiger partial charge < -0.3 is 10.6 Å². The largest absolute Gasteiger partial charge is 0.326 e. The van der Waals surface area contributed by atoms with Gasteiger partial charge in [-0.2, -0.15) is 0 Å². The van der Waals surface area contributed by atoms with Crippen LogP contribution in [0.4, 0.5) is 16.2 Å². The molecule has 0 radical (unpaired) electrons. The minimum absolute atomic E-state index is 0.253. The predicted molar refractivity (Wildman–Crippen MR) is 104 cm³/mol. The van der Waals surface area contributed by atoms with E-state index in [-0.39, 0.29) is 5.91 Å². The van der Waals surface area contributed by atoms with Crippen molar-refractivity contribution in [3.8, 4) is 0 Å². The van der Waals surface area contributed by atoms with Gasteiger partial charge in [-0.1, -0.05) is 42.5 Å². The maximum atomic E-state index is 12.2. The van der Waals surface area contributed by atoms with Gasteiger partial charge in [-0.3, -0.25) is 14.9 Å². The zero-order valence-corrected chi connectivity index (χ0v) is 14.3. The SMILES string of the molecule is O=C(NC(=O)c1ccccc1)Nc1cccc(NC(=O)c2ccccc2)c1. The Morgan fingerprint density at radius 2 is 1.07 bits per heavy atom. The summed E-state index contributed by atoms with van der Waals surface area (Å²) in [5.41, 5.74) is 1.88. The van der Waals surface area contributed by atoms with Gasteiger partial charge in [-0.15, -0.1) is 0 Å². The highest BCUT2D eigenvalue weighted by molar-refractivity contribution is 6.08. The molecule has 134 valence electrons. The second kappa shape index (κ2) is 8.44. The number of hydrogen-bond donors (Lipinski definition) is 3. The van der Waals surface area contributed by atoms with Crippen LogP contribution >= 0.6 is 0 Å². The molecule has 0 fully saturated rings. The molecule has 0 spiro atoms. The topological polar surface area (TPSA) is 87.3 Å². The fourth-order valence-corrected chi connectivity index (χ4v) is 2.39. The number of anilines is 2. The van der Waals surface area contributed by atoms with Gasteiger partial charge >= 0.3 is 6.03 Å². The molecule has 3 rings (SSSR count). The lowest BCUT2D eigenvalue weighted by molar-refractivity contribution is 0.0966. The van der Waals surface area contributed by atoms with Gasteiger partial charge in [-0.05, 0) is 42.5 Å². The van der Waals surface area contributed by atoms with E-state index < -0.39 is 11.9 Å². The van der Waals surface area contributed by atoms with Crippen molar-refractivity contribution in [1.82, 2.24) is 5.32 Å². The first-order valence-electron chi connectivity index (χ1n) is 8.26. The van der Waals surface area contributed by atoms with Gasteiger partial charge in [0.25, 0.3) is 11.8 Å². The summed E-state index contributed by atoms with van der Waals surface area (Å²) in [6.45, 7) is 0. The summed E-state index contributed by atoms with van der Waals surface area (Å²) in [6.07, 6.45) is 0. The van der Waals surface area contributed by atoms with Crippen molar-refractivity contribution in [2.45, 2.75) is 0 Å². The molecule has 27 heavy (non-hydrogen) atoms. The molecule has 0 atom stereocenters. The summed E-state index contributed by atoms with van der Waals surface area (Å²) >= 11 is 0. The Bertz CT molecular complexity index is 957. The third-order valence-corrected chi connectivity index (χ3v) is 3.68. The van der Waals surface area contributed by atoms with Crippen molar-refractivity contribution in [2.24, 2.45) is 0 Å². The molecular formula is C21H17N3O3. The summed E-state index contributed by atoms with van der Waals surface area (Å²) in [5.74, 6) is -0.752. The van der Waals surface area contributed by atoms with Gasteiger partial charge in [-0.25, -0.2) is 4.79 Å². The maximum absolute atomic E-state index is 12.2. The van der Waals surface area contributed by atoms with E-state index in [1.165, 1.54) is 0 Å². The smallest absolute Gasteiger partial charge is 0.322 e. The number of urea groups is 1. The zero-order chi connectivity index (χ0) is 19.1. The molecule has 0 aliphatic carbocycles. The van der Waals surface area contributed by atoms with E-state index in [0.29, 0.717) is 22.5 Å². The monoisotopic (exact) mass is 359 g/mol. The first-order valence-corrected chi connectivity index (χ1v) is 8.26. The van der Waals surface area contributed by atoms with Crippen LogP contribution in [0, 0.1) is 0 Å². The third-order valence-electron chi connectivity index (χ3n) is 3.68. The van der Waals surface area contributed by atoms with Crippen LogP contribution in [0.3, 0.4) is 0 Å². The van der Waals surface area contributed by atoms with E-state index in [1.807, 2.05) is 6.07 Å². The number of nitrogens with one attached hydrogen (secondary N) is 3. The van der Waals surface area contributed by atoms with Gasteiger partial charge in [0.15, 0.2) is 0 Å². The Morgan fingerprint density at radius 1 is 0.556 bits per heavy atom. The van der Waals surface area contributed by atoms with Crippen LogP contribution in [0.1, 0.15) is 20.7 Å². The minimum Gasteiger partial charge on any atom is -0.322 e. The third kappa shape index (κ3) is 5.02. The van der Waals surface area contributed by atoms with E-state index in [9.17, 15) is 14.4 Å². The number of imide groups is 1. The molecule has 0 unspecified atom stereocenters. The molecule has 0 heterocycles. The van der Waals surface area contributed by atoms with Gasteiger partial charge in [0, 0.05) is 22.5 Å². The van der Waals surface area contributed by atoms with Crippen LogP contribution in [-0.2, 0) is 0 Å². The first kappa shape index (κ1) is 17.9. The van der Waals surface area contributed by atoms with E-state index in [2.05, 4.69) is 16.0 Å². The second-order valence-electron chi connectivity index (χ2n) is 5.68. The van der Waals surface area contributed by atoms with Crippen molar-refractivity contribution >= 4 is 29.2 Å². The Morgan fingerprint density at radius 3 is 1.67 bits per heavy atom. The molecule has 0 bridgehead atoms. The van der Waals surface area contributed by atoms with Crippen molar-refractivity contribution in [2.75, 3.05) is 10.6 Å². The molecule has 0 saturated heterocycles. The Kier molecular flexibility index (Phi) is 5.59. The Balaban J connectivity index is 1.61. The molecule has 3 aromatic carbocycles. The number of amides is 4. The van der Waals surface area contributed by atoms with Gasteiger partial charge in [0.05, 0.1) is 0 Å². The number of hydrogen-bond acceptors (Lipinski definition) is 3. The summed E-state index contributed by atoms with van der Waals surface area (Å²) in [7, 11) is 0. The summed E-state index contributed by atoms with van der Waals surface area (Å²) in [6, 6.07) is 23.2. The summed E-state index contributed by atoms with van der Waals surface area (Å²) in [4.78, 5) is 36.2. The molecule has 0 aliphatic rings. The standard InChI is InChI=1S/C21H17N3O3/c25-19(15-8-3-1-4-9-15)22-17-12-7-13-18(14-17)23-21(27)24-20(26)16-10-5-2-6-11-16/h1-14H,(H,22,25)(H2,23,24,26,27). The number of rotatable bonds is 4. The van der Waals surface area contributed by atoms with Crippen LogP contribution in [0.15, 0.2) is 84.9 Å². The molecule has 6 nitrogen and oxygen atoms in total. The number of carbonyl (C=O) groups is 3. The number of carbonyl (C=O) groups excluding carboxylic acids is 3.